The number of methoxy groups -OCH3 is 1. The standard InChI is InChI=1S/C18H16N4O5S/c1-27-13-7-11(22(25)26)6-10(16(13)23)8-20-21-9-19-17-15(18(21)24)12-4-2-3-5-14(12)28-17/h6-9,23H,2-5H2,1H3/b20-8+. The first-order valence-electron chi connectivity index (χ1n) is 8.61. The normalized spacial score (nSPS) is 13.8. The number of non-ortho nitro benzene ring substituents is 1. The molecule has 0 aliphatic heterocycles. The number of fused-ring (bicyclic) bond motifs is 3. The molecule has 2 aromatic heterocycles. The molecule has 0 saturated carbocycles. The molecule has 0 radical (unpaired) electrons. The van der Waals surface area contributed by atoms with E-state index in [4.69, 9.17) is 4.74 Å². The average Bonchev–Trinajstić information content (AvgIpc) is 3.07. The summed E-state index contributed by atoms with van der Waals surface area (Å²) >= 11 is 1.54. The van der Waals surface area contributed by atoms with Crippen LogP contribution in [0.25, 0.3) is 10.2 Å². The molecule has 0 amide bonds. The minimum atomic E-state index is -0.600. The molecule has 1 aliphatic rings. The summed E-state index contributed by atoms with van der Waals surface area (Å²) in [5, 5.41) is 25.9. The molecule has 10 heteroatoms. The van der Waals surface area contributed by atoms with E-state index in [9.17, 15) is 20.0 Å². The molecular weight excluding hydrogens is 384 g/mol. The van der Waals surface area contributed by atoms with Crippen LogP contribution in [0.15, 0.2) is 28.4 Å². The number of ether oxygens (including phenoxy) is 1. The maximum atomic E-state index is 12.9. The molecule has 9 nitrogen and oxygen atoms in total. The Morgan fingerprint density at radius 2 is 2.18 bits per heavy atom. The van der Waals surface area contributed by atoms with Crippen LogP contribution in [-0.2, 0) is 12.8 Å². The summed E-state index contributed by atoms with van der Waals surface area (Å²) in [6, 6.07) is 2.27. The van der Waals surface area contributed by atoms with Crippen molar-refractivity contribution in [3.63, 3.8) is 0 Å². The second-order valence-corrected chi connectivity index (χ2v) is 7.46. The fourth-order valence-corrected chi connectivity index (χ4v) is 4.54. The van der Waals surface area contributed by atoms with E-state index in [-0.39, 0.29) is 28.3 Å². The van der Waals surface area contributed by atoms with Crippen molar-refractivity contribution in [1.29, 1.82) is 0 Å². The molecule has 0 spiro atoms. The van der Waals surface area contributed by atoms with Gasteiger partial charge in [-0.05, 0) is 31.2 Å². The highest BCUT2D eigenvalue weighted by Crippen LogP contribution is 2.34. The molecule has 0 fully saturated rings. The lowest BCUT2D eigenvalue weighted by Gasteiger charge is -2.09. The lowest BCUT2D eigenvalue weighted by Crippen LogP contribution is -2.18. The van der Waals surface area contributed by atoms with E-state index >= 15 is 0 Å². The van der Waals surface area contributed by atoms with E-state index in [1.54, 1.807) is 11.3 Å². The highest BCUT2D eigenvalue weighted by atomic mass is 32.1. The SMILES string of the molecule is COc1cc([N+](=O)[O-])cc(/C=N/n2cnc3sc4c(c3c2=O)CCCC4)c1O. The Hall–Kier alpha value is -3.27. The Morgan fingerprint density at radius 1 is 1.39 bits per heavy atom. The first-order valence-corrected chi connectivity index (χ1v) is 9.43. The zero-order valence-corrected chi connectivity index (χ0v) is 15.7. The van der Waals surface area contributed by atoms with Gasteiger partial charge >= 0.3 is 0 Å². The van der Waals surface area contributed by atoms with Gasteiger partial charge in [0.1, 0.15) is 11.2 Å². The lowest BCUT2D eigenvalue weighted by atomic mass is 9.97. The predicted molar refractivity (Wildman–Crippen MR) is 105 cm³/mol. The quantitative estimate of drug-likeness (QED) is 0.408. The number of rotatable bonds is 4. The van der Waals surface area contributed by atoms with E-state index in [2.05, 4.69) is 10.1 Å². The summed E-state index contributed by atoms with van der Waals surface area (Å²) in [5.41, 5.74) is 0.556. The number of phenolic OH excluding ortho intramolecular Hbond substituents is 1. The van der Waals surface area contributed by atoms with Crippen LogP contribution in [0.4, 0.5) is 5.69 Å². The summed E-state index contributed by atoms with van der Waals surface area (Å²) in [6.07, 6.45) is 6.45. The fourth-order valence-electron chi connectivity index (χ4n) is 3.32. The van der Waals surface area contributed by atoms with Crippen molar-refractivity contribution in [1.82, 2.24) is 9.66 Å². The van der Waals surface area contributed by atoms with E-state index < -0.39 is 4.92 Å². The summed E-state index contributed by atoms with van der Waals surface area (Å²) in [7, 11) is 1.29. The van der Waals surface area contributed by atoms with Crippen molar-refractivity contribution in [2.45, 2.75) is 25.7 Å². The van der Waals surface area contributed by atoms with Gasteiger partial charge in [0.15, 0.2) is 11.5 Å². The third kappa shape index (κ3) is 3.01. The average molecular weight is 400 g/mol. The van der Waals surface area contributed by atoms with Crippen molar-refractivity contribution in [2.24, 2.45) is 5.10 Å². The zero-order valence-electron chi connectivity index (χ0n) is 14.9. The Labute approximate surface area is 162 Å². The number of aromatic nitrogens is 2. The van der Waals surface area contributed by atoms with Gasteiger partial charge in [0.25, 0.3) is 11.2 Å². The number of hydrogen-bond donors (Lipinski definition) is 1. The van der Waals surface area contributed by atoms with Crippen LogP contribution in [0.2, 0.25) is 0 Å². The molecular formula is C18H16N4O5S. The third-order valence-electron chi connectivity index (χ3n) is 4.70. The van der Waals surface area contributed by atoms with Gasteiger partial charge in [0.2, 0.25) is 0 Å². The number of nitro benzene ring substituents is 1. The Kier molecular flexibility index (Phi) is 4.55. The van der Waals surface area contributed by atoms with Crippen LogP contribution >= 0.6 is 11.3 Å². The van der Waals surface area contributed by atoms with Crippen LogP contribution in [0, 0.1) is 10.1 Å². The minimum absolute atomic E-state index is 0.0523. The van der Waals surface area contributed by atoms with Crippen LogP contribution in [-0.4, -0.2) is 33.0 Å². The second kappa shape index (κ2) is 7.04. The molecule has 2 heterocycles. The third-order valence-corrected chi connectivity index (χ3v) is 5.90. The molecule has 0 saturated heterocycles. The molecule has 4 rings (SSSR count). The topological polar surface area (TPSA) is 120 Å². The number of benzene rings is 1. The number of nitro groups is 1. The van der Waals surface area contributed by atoms with E-state index in [0.717, 1.165) is 48.1 Å². The largest absolute Gasteiger partial charge is 0.504 e. The lowest BCUT2D eigenvalue weighted by molar-refractivity contribution is -0.385. The Balaban J connectivity index is 1.79. The van der Waals surface area contributed by atoms with Crippen molar-refractivity contribution >= 4 is 33.5 Å². The number of phenols is 1. The van der Waals surface area contributed by atoms with E-state index in [1.165, 1.54) is 24.5 Å². The van der Waals surface area contributed by atoms with Gasteiger partial charge in [0, 0.05) is 16.5 Å². The van der Waals surface area contributed by atoms with Crippen LogP contribution in [0.1, 0.15) is 28.8 Å². The van der Waals surface area contributed by atoms with E-state index in [0.29, 0.717) is 10.2 Å². The Bertz CT molecular complexity index is 1180. The number of nitrogens with zero attached hydrogens (tertiary/aromatic N) is 4. The molecule has 1 aromatic carbocycles. The zero-order chi connectivity index (χ0) is 19.8. The number of thiophene rings is 1. The monoisotopic (exact) mass is 400 g/mol. The molecule has 0 bridgehead atoms. The van der Waals surface area contributed by atoms with Crippen LogP contribution in [0.3, 0.4) is 0 Å². The van der Waals surface area contributed by atoms with Gasteiger partial charge in [-0.15, -0.1) is 11.3 Å². The van der Waals surface area contributed by atoms with Crippen molar-refractivity contribution in [2.75, 3.05) is 7.11 Å². The maximum Gasteiger partial charge on any atom is 0.282 e. The number of aryl methyl sites for hydroxylation is 2. The minimum Gasteiger partial charge on any atom is -0.504 e. The fraction of sp³-hybridized carbons (Fsp3) is 0.278. The van der Waals surface area contributed by atoms with Crippen molar-refractivity contribution in [3.05, 3.63) is 54.9 Å². The second-order valence-electron chi connectivity index (χ2n) is 6.37. The molecule has 1 aliphatic carbocycles. The number of aromatic hydroxyl groups is 1. The molecule has 0 atom stereocenters. The maximum absolute atomic E-state index is 12.9. The first kappa shape index (κ1) is 18.1. The summed E-state index contributed by atoms with van der Waals surface area (Å²) in [4.78, 5) is 29.6. The van der Waals surface area contributed by atoms with Gasteiger partial charge < -0.3 is 9.84 Å². The smallest absolute Gasteiger partial charge is 0.282 e. The van der Waals surface area contributed by atoms with Gasteiger partial charge in [-0.25, -0.2) is 4.98 Å². The van der Waals surface area contributed by atoms with Crippen LogP contribution in [0.5, 0.6) is 11.5 Å². The van der Waals surface area contributed by atoms with Crippen molar-refractivity contribution in [3.8, 4) is 11.5 Å². The summed E-state index contributed by atoms with van der Waals surface area (Å²) in [5.74, 6) is -0.352. The molecule has 0 unspecified atom stereocenters. The predicted octanol–water partition coefficient (Wildman–Crippen LogP) is 2.84. The number of hydrogen-bond acceptors (Lipinski definition) is 8. The molecule has 1 N–H and O–H groups in total. The summed E-state index contributed by atoms with van der Waals surface area (Å²) in [6.45, 7) is 0. The van der Waals surface area contributed by atoms with E-state index in [1.807, 2.05) is 0 Å². The molecule has 28 heavy (non-hydrogen) atoms. The highest BCUT2D eigenvalue weighted by Gasteiger charge is 2.20. The molecule has 144 valence electrons. The van der Waals surface area contributed by atoms with Gasteiger partial charge in [0.05, 0.1) is 29.7 Å². The van der Waals surface area contributed by atoms with Gasteiger partial charge in [-0.2, -0.15) is 9.78 Å². The summed E-state index contributed by atoms with van der Waals surface area (Å²) < 4.78 is 6.04. The first-order chi connectivity index (χ1) is 13.5. The van der Waals surface area contributed by atoms with Gasteiger partial charge in [-0.3, -0.25) is 14.9 Å². The van der Waals surface area contributed by atoms with Crippen molar-refractivity contribution < 1.29 is 14.8 Å². The Morgan fingerprint density at radius 3 is 2.93 bits per heavy atom. The highest BCUT2D eigenvalue weighted by molar-refractivity contribution is 7.18. The van der Waals surface area contributed by atoms with Crippen LogP contribution < -0.4 is 10.3 Å². The van der Waals surface area contributed by atoms with Gasteiger partial charge in [-0.1, -0.05) is 0 Å². The molecule has 3 aromatic rings.